The molecule has 0 heterocycles. The van der Waals surface area contributed by atoms with E-state index in [1.54, 1.807) is 0 Å². The van der Waals surface area contributed by atoms with Gasteiger partial charge < -0.3 is 4.74 Å². The molecule has 0 fully saturated rings. The van der Waals surface area contributed by atoms with Gasteiger partial charge in [0.2, 0.25) is 0 Å². The summed E-state index contributed by atoms with van der Waals surface area (Å²) in [5, 5.41) is 0. The molecule has 1 aromatic carbocycles. The Morgan fingerprint density at radius 2 is 2.00 bits per heavy atom. The first kappa shape index (κ1) is 14.9. The third-order valence-corrected chi connectivity index (χ3v) is 3.00. The van der Waals surface area contributed by atoms with Gasteiger partial charge in [0.15, 0.2) is 5.78 Å². The largest absolute Gasteiger partial charge is 0.373 e. The predicted molar refractivity (Wildman–Crippen MR) is 75.1 cm³/mol. The van der Waals surface area contributed by atoms with E-state index in [0.717, 1.165) is 29.5 Å². The van der Waals surface area contributed by atoms with Crippen LogP contribution in [-0.2, 0) is 4.74 Å². The quantitative estimate of drug-likeness (QED) is 0.539. The van der Waals surface area contributed by atoms with Crippen molar-refractivity contribution < 1.29 is 9.53 Å². The smallest absolute Gasteiger partial charge is 0.188 e. The number of ether oxygens (including phenoxy) is 1. The summed E-state index contributed by atoms with van der Waals surface area (Å²) in [5.41, 5.74) is 2.93. The molecule has 0 unspecified atom stereocenters. The third kappa shape index (κ3) is 5.01. The van der Waals surface area contributed by atoms with Crippen LogP contribution in [0.3, 0.4) is 0 Å². The Morgan fingerprint density at radius 3 is 2.67 bits per heavy atom. The van der Waals surface area contributed by atoms with Crippen LogP contribution in [-0.4, -0.2) is 19.0 Å². The van der Waals surface area contributed by atoms with Crippen molar-refractivity contribution in [2.24, 2.45) is 5.92 Å². The van der Waals surface area contributed by atoms with E-state index in [1.807, 2.05) is 32.0 Å². The van der Waals surface area contributed by atoms with Crippen LogP contribution in [0.2, 0.25) is 0 Å². The molecular weight excluding hydrogens is 224 g/mol. The van der Waals surface area contributed by atoms with E-state index in [-0.39, 0.29) is 12.4 Å². The lowest BCUT2D eigenvalue weighted by molar-refractivity contribution is 0.0748. The minimum atomic E-state index is 0.0840. The fraction of sp³-hybridized carbons (Fsp3) is 0.562. The Morgan fingerprint density at radius 1 is 1.28 bits per heavy atom. The third-order valence-electron chi connectivity index (χ3n) is 3.00. The summed E-state index contributed by atoms with van der Waals surface area (Å²) in [5.74, 6) is 0.782. The van der Waals surface area contributed by atoms with Crippen molar-refractivity contribution in [3.8, 4) is 0 Å². The SMILES string of the molecule is Cc1ccc(C)c(C(=O)COCCCC(C)C)c1. The second-order valence-corrected chi connectivity index (χ2v) is 5.33. The van der Waals surface area contributed by atoms with E-state index in [4.69, 9.17) is 4.74 Å². The Bertz CT molecular complexity index is 394. The highest BCUT2D eigenvalue weighted by molar-refractivity contribution is 5.98. The van der Waals surface area contributed by atoms with E-state index in [1.165, 1.54) is 0 Å². The summed E-state index contributed by atoms with van der Waals surface area (Å²) in [7, 11) is 0. The number of benzene rings is 1. The van der Waals surface area contributed by atoms with E-state index < -0.39 is 0 Å². The first-order valence-corrected chi connectivity index (χ1v) is 6.69. The number of hydrogen-bond donors (Lipinski definition) is 0. The minimum absolute atomic E-state index is 0.0840. The van der Waals surface area contributed by atoms with Crippen molar-refractivity contribution in [2.45, 2.75) is 40.5 Å². The second kappa shape index (κ2) is 7.32. The molecule has 0 bridgehead atoms. The Hall–Kier alpha value is -1.15. The van der Waals surface area contributed by atoms with Crippen molar-refractivity contribution in [1.29, 1.82) is 0 Å². The van der Waals surface area contributed by atoms with Gasteiger partial charge in [-0.1, -0.05) is 31.5 Å². The van der Waals surface area contributed by atoms with Gasteiger partial charge in [-0.05, 0) is 44.2 Å². The fourth-order valence-electron chi connectivity index (χ4n) is 1.87. The van der Waals surface area contributed by atoms with E-state index >= 15 is 0 Å². The van der Waals surface area contributed by atoms with E-state index in [9.17, 15) is 4.79 Å². The molecule has 1 rings (SSSR count). The minimum Gasteiger partial charge on any atom is -0.373 e. The van der Waals surface area contributed by atoms with Crippen LogP contribution >= 0.6 is 0 Å². The average molecular weight is 248 g/mol. The molecule has 0 spiro atoms. The lowest BCUT2D eigenvalue weighted by atomic mass is 10.0. The monoisotopic (exact) mass is 248 g/mol. The Labute approximate surface area is 110 Å². The number of aryl methyl sites for hydroxylation is 2. The maximum absolute atomic E-state index is 12.0. The molecule has 0 radical (unpaired) electrons. The normalized spacial score (nSPS) is 10.9. The van der Waals surface area contributed by atoms with Gasteiger partial charge in [0.1, 0.15) is 6.61 Å². The maximum atomic E-state index is 12.0. The van der Waals surface area contributed by atoms with Gasteiger partial charge in [-0.2, -0.15) is 0 Å². The van der Waals surface area contributed by atoms with Crippen molar-refractivity contribution in [2.75, 3.05) is 13.2 Å². The first-order valence-electron chi connectivity index (χ1n) is 6.69. The summed E-state index contributed by atoms with van der Waals surface area (Å²) in [4.78, 5) is 12.0. The Balaban J connectivity index is 2.39. The number of rotatable bonds is 7. The lowest BCUT2D eigenvalue weighted by Gasteiger charge is -2.08. The van der Waals surface area contributed by atoms with Crippen LogP contribution in [0.25, 0.3) is 0 Å². The number of ketones is 1. The average Bonchev–Trinajstić information content (AvgIpc) is 2.31. The van der Waals surface area contributed by atoms with Gasteiger partial charge >= 0.3 is 0 Å². The highest BCUT2D eigenvalue weighted by atomic mass is 16.5. The van der Waals surface area contributed by atoms with Crippen LogP contribution in [0.15, 0.2) is 18.2 Å². The molecule has 0 aliphatic carbocycles. The zero-order valence-corrected chi connectivity index (χ0v) is 12.0. The van der Waals surface area contributed by atoms with Gasteiger partial charge in [-0.25, -0.2) is 0 Å². The van der Waals surface area contributed by atoms with Gasteiger partial charge in [0.25, 0.3) is 0 Å². The molecule has 0 atom stereocenters. The second-order valence-electron chi connectivity index (χ2n) is 5.33. The van der Waals surface area contributed by atoms with Crippen LogP contribution in [0.5, 0.6) is 0 Å². The van der Waals surface area contributed by atoms with Crippen molar-refractivity contribution in [1.82, 2.24) is 0 Å². The molecule has 2 nitrogen and oxygen atoms in total. The van der Waals surface area contributed by atoms with Crippen LogP contribution in [0.4, 0.5) is 0 Å². The topological polar surface area (TPSA) is 26.3 Å². The molecule has 18 heavy (non-hydrogen) atoms. The standard InChI is InChI=1S/C16H24O2/c1-12(2)6-5-9-18-11-16(17)15-10-13(3)7-8-14(15)4/h7-8,10,12H,5-6,9,11H2,1-4H3. The molecular formula is C16H24O2. The lowest BCUT2D eigenvalue weighted by Crippen LogP contribution is -2.11. The van der Waals surface area contributed by atoms with E-state index in [2.05, 4.69) is 13.8 Å². The molecule has 1 aromatic rings. The van der Waals surface area contributed by atoms with Gasteiger partial charge in [-0.3, -0.25) is 4.79 Å². The molecule has 0 N–H and O–H groups in total. The molecule has 0 saturated heterocycles. The van der Waals surface area contributed by atoms with Crippen molar-refractivity contribution in [3.05, 3.63) is 34.9 Å². The number of carbonyl (C=O) groups excluding carboxylic acids is 1. The predicted octanol–water partition coefficient (Wildman–Crippen LogP) is 3.94. The zero-order chi connectivity index (χ0) is 13.5. The highest BCUT2D eigenvalue weighted by Crippen LogP contribution is 2.11. The van der Waals surface area contributed by atoms with Crippen molar-refractivity contribution >= 4 is 5.78 Å². The van der Waals surface area contributed by atoms with Crippen LogP contribution in [0.1, 0.15) is 48.2 Å². The van der Waals surface area contributed by atoms with Gasteiger partial charge in [0.05, 0.1) is 0 Å². The molecule has 0 saturated carbocycles. The fourth-order valence-corrected chi connectivity index (χ4v) is 1.87. The molecule has 0 aliphatic heterocycles. The zero-order valence-electron chi connectivity index (χ0n) is 12.0. The van der Waals surface area contributed by atoms with Crippen LogP contribution < -0.4 is 0 Å². The van der Waals surface area contributed by atoms with Gasteiger partial charge in [0, 0.05) is 12.2 Å². The Kier molecular flexibility index (Phi) is 6.06. The molecule has 100 valence electrons. The first-order chi connectivity index (χ1) is 8.50. The van der Waals surface area contributed by atoms with Crippen molar-refractivity contribution in [3.63, 3.8) is 0 Å². The number of Topliss-reactive ketones (excluding diaryl/α,β-unsaturated/α-hetero) is 1. The molecule has 0 aliphatic rings. The molecule has 0 amide bonds. The number of hydrogen-bond acceptors (Lipinski definition) is 2. The summed E-state index contributed by atoms with van der Waals surface area (Å²) >= 11 is 0. The molecule has 2 heteroatoms. The number of carbonyl (C=O) groups is 1. The molecule has 0 aromatic heterocycles. The van der Waals surface area contributed by atoms with E-state index in [0.29, 0.717) is 12.5 Å². The summed E-state index contributed by atoms with van der Waals surface area (Å²) in [6.45, 7) is 9.23. The summed E-state index contributed by atoms with van der Waals surface area (Å²) < 4.78 is 5.45. The summed E-state index contributed by atoms with van der Waals surface area (Å²) in [6.07, 6.45) is 2.18. The maximum Gasteiger partial charge on any atom is 0.188 e. The summed E-state index contributed by atoms with van der Waals surface area (Å²) in [6, 6.07) is 5.95. The highest BCUT2D eigenvalue weighted by Gasteiger charge is 2.09. The van der Waals surface area contributed by atoms with Gasteiger partial charge in [-0.15, -0.1) is 0 Å². The van der Waals surface area contributed by atoms with Crippen LogP contribution in [0, 0.1) is 19.8 Å².